The summed E-state index contributed by atoms with van der Waals surface area (Å²) in [4.78, 5) is 14.2. The van der Waals surface area contributed by atoms with Crippen LogP contribution in [0.5, 0.6) is 0 Å². The molecule has 1 aromatic heterocycles. The lowest BCUT2D eigenvalue weighted by molar-refractivity contribution is -0.390. The van der Waals surface area contributed by atoms with Gasteiger partial charge in [-0.2, -0.15) is 4.57 Å². The van der Waals surface area contributed by atoms with Crippen molar-refractivity contribution in [2.24, 2.45) is 0 Å². The average molecular weight is 241 g/mol. The van der Waals surface area contributed by atoms with Crippen LogP contribution >= 0.6 is 0 Å². The third kappa shape index (κ3) is 2.35. The summed E-state index contributed by atoms with van der Waals surface area (Å²) >= 11 is 0. The van der Waals surface area contributed by atoms with Crippen LogP contribution in [0.25, 0.3) is 18.4 Å². The van der Waals surface area contributed by atoms with Crippen molar-refractivity contribution in [2.75, 3.05) is 0 Å². The maximum absolute atomic E-state index is 10.7. The van der Waals surface area contributed by atoms with Gasteiger partial charge >= 0.3 is 5.82 Å². The Balaban J connectivity index is 2.33. The molecule has 0 spiro atoms. The highest BCUT2D eigenvalue weighted by Crippen LogP contribution is 2.16. The fraction of sp³-hybridized carbons (Fsp3) is 0. The smallest absolute Gasteiger partial charge is 0.347 e. The van der Waals surface area contributed by atoms with Crippen LogP contribution in [0, 0.1) is 10.1 Å². The first-order valence-electron chi connectivity index (χ1n) is 5.29. The van der Waals surface area contributed by atoms with E-state index in [2.05, 4.69) is 11.6 Å². The van der Waals surface area contributed by atoms with Crippen molar-refractivity contribution in [3.05, 3.63) is 64.6 Å². The Morgan fingerprint density at radius 2 is 2.00 bits per heavy atom. The monoisotopic (exact) mass is 241 g/mol. The van der Waals surface area contributed by atoms with Crippen molar-refractivity contribution in [2.45, 2.75) is 0 Å². The third-order valence-corrected chi connectivity index (χ3v) is 2.40. The van der Waals surface area contributed by atoms with Gasteiger partial charge in [-0.05, 0) is 16.6 Å². The van der Waals surface area contributed by atoms with Gasteiger partial charge in [0.05, 0.1) is 6.20 Å². The number of hydrogen-bond donors (Lipinski definition) is 0. The molecular formula is C13H11N3O2. The molecule has 5 nitrogen and oxygen atoms in total. The molecule has 0 aliphatic carbocycles. The number of benzene rings is 1. The van der Waals surface area contributed by atoms with Crippen LogP contribution in [0.2, 0.25) is 0 Å². The van der Waals surface area contributed by atoms with Gasteiger partial charge in [0.1, 0.15) is 6.20 Å². The Morgan fingerprint density at radius 1 is 1.28 bits per heavy atom. The van der Waals surface area contributed by atoms with Gasteiger partial charge in [-0.25, -0.2) is 4.98 Å². The number of hydrogen-bond acceptors (Lipinski definition) is 3. The van der Waals surface area contributed by atoms with Crippen LogP contribution in [0.15, 0.2) is 43.1 Å². The fourth-order valence-electron chi connectivity index (χ4n) is 1.55. The van der Waals surface area contributed by atoms with Gasteiger partial charge in [0, 0.05) is 6.08 Å². The quantitative estimate of drug-likeness (QED) is 0.610. The molecule has 0 saturated carbocycles. The lowest BCUT2D eigenvalue weighted by Gasteiger charge is -1.95. The zero-order valence-electron chi connectivity index (χ0n) is 9.56. The molecule has 2 rings (SSSR count). The van der Waals surface area contributed by atoms with Crippen molar-refractivity contribution in [1.29, 1.82) is 0 Å². The normalized spacial score (nSPS) is 10.7. The Hall–Kier alpha value is -2.69. The number of imidazole rings is 1. The Bertz CT molecular complexity index is 600. The Morgan fingerprint density at radius 3 is 2.61 bits per heavy atom. The molecule has 1 heterocycles. The van der Waals surface area contributed by atoms with Crippen molar-refractivity contribution in [3.63, 3.8) is 0 Å². The van der Waals surface area contributed by atoms with Gasteiger partial charge in [0.15, 0.2) is 0 Å². The van der Waals surface area contributed by atoms with E-state index in [-0.39, 0.29) is 5.82 Å². The second kappa shape index (κ2) is 5.09. The minimum absolute atomic E-state index is 0.0993. The summed E-state index contributed by atoms with van der Waals surface area (Å²) in [6, 6.07) is 9.63. The molecule has 1 aromatic carbocycles. The lowest BCUT2D eigenvalue weighted by atomic mass is 10.2. The first kappa shape index (κ1) is 11.8. The van der Waals surface area contributed by atoms with E-state index in [1.165, 1.54) is 17.0 Å². The summed E-state index contributed by atoms with van der Waals surface area (Å²) in [5.74, 6) is 0.373. The number of rotatable bonds is 4. The van der Waals surface area contributed by atoms with Gasteiger partial charge < -0.3 is 10.1 Å². The Kier molecular flexibility index (Phi) is 3.33. The predicted octanol–water partition coefficient (Wildman–Crippen LogP) is 3.06. The summed E-state index contributed by atoms with van der Waals surface area (Å²) in [7, 11) is 0. The molecule has 18 heavy (non-hydrogen) atoms. The zero-order valence-corrected chi connectivity index (χ0v) is 9.56. The van der Waals surface area contributed by atoms with Crippen LogP contribution < -0.4 is 0 Å². The topological polar surface area (TPSA) is 61.0 Å². The molecule has 0 amide bonds. The van der Waals surface area contributed by atoms with E-state index in [1.807, 2.05) is 36.4 Å². The summed E-state index contributed by atoms with van der Waals surface area (Å²) in [5, 5.41) is 10.7. The van der Waals surface area contributed by atoms with Crippen LogP contribution in [0.3, 0.4) is 0 Å². The lowest BCUT2D eigenvalue weighted by Crippen LogP contribution is -1.97. The molecule has 0 bridgehead atoms. The molecule has 0 atom stereocenters. The molecule has 0 aliphatic rings. The molecule has 0 N–H and O–H groups in total. The van der Waals surface area contributed by atoms with Crippen LogP contribution in [0.1, 0.15) is 11.4 Å². The number of nitro groups is 1. The predicted molar refractivity (Wildman–Crippen MR) is 70.6 cm³/mol. The summed E-state index contributed by atoms with van der Waals surface area (Å²) in [6.45, 7) is 3.55. The molecule has 0 unspecified atom stereocenters. The highest BCUT2D eigenvalue weighted by molar-refractivity contribution is 5.68. The molecule has 90 valence electrons. The van der Waals surface area contributed by atoms with Gasteiger partial charge in [-0.15, -0.1) is 0 Å². The minimum Gasteiger partial charge on any atom is -0.358 e. The van der Waals surface area contributed by atoms with E-state index >= 15 is 0 Å². The van der Waals surface area contributed by atoms with E-state index in [9.17, 15) is 10.1 Å². The maximum atomic E-state index is 10.7. The van der Waals surface area contributed by atoms with Crippen molar-refractivity contribution >= 4 is 24.2 Å². The molecule has 0 aliphatic heterocycles. The first-order chi connectivity index (χ1) is 8.72. The van der Waals surface area contributed by atoms with E-state index in [0.29, 0.717) is 5.82 Å². The third-order valence-electron chi connectivity index (χ3n) is 2.40. The highest BCUT2D eigenvalue weighted by atomic mass is 16.6. The van der Waals surface area contributed by atoms with Gasteiger partial charge in [0.25, 0.3) is 0 Å². The van der Waals surface area contributed by atoms with Crippen molar-refractivity contribution in [1.82, 2.24) is 9.55 Å². The minimum atomic E-state index is -0.492. The number of aromatic nitrogens is 2. The maximum Gasteiger partial charge on any atom is 0.347 e. The fourth-order valence-corrected chi connectivity index (χ4v) is 1.55. The van der Waals surface area contributed by atoms with E-state index in [1.54, 1.807) is 6.08 Å². The average Bonchev–Trinajstić information content (AvgIpc) is 2.80. The van der Waals surface area contributed by atoms with Gasteiger partial charge in [-0.3, -0.25) is 0 Å². The molecule has 2 aromatic rings. The zero-order chi connectivity index (χ0) is 13.0. The molecular weight excluding hydrogens is 230 g/mol. The standard InChI is InChI=1S/C13H11N3O2/c1-2-15-12(14-10-13(15)16(17)18)9-8-11-6-4-3-5-7-11/h2-10H,1H2/b9-8+. The Labute approximate surface area is 104 Å². The van der Waals surface area contributed by atoms with Crippen molar-refractivity contribution < 1.29 is 4.92 Å². The molecule has 0 radical (unpaired) electrons. The summed E-state index contributed by atoms with van der Waals surface area (Å²) in [5.41, 5.74) is 0.999. The van der Waals surface area contributed by atoms with Gasteiger partial charge in [0.2, 0.25) is 5.82 Å². The SMILES string of the molecule is C=Cn1c([N+](=O)[O-])cnc1/C=C/c1ccccc1. The van der Waals surface area contributed by atoms with E-state index in [0.717, 1.165) is 5.56 Å². The first-order valence-corrected chi connectivity index (χ1v) is 5.29. The van der Waals surface area contributed by atoms with Crippen LogP contribution in [-0.2, 0) is 0 Å². The summed E-state index contributed by atoms with van der Waals surface area (Å²) in [6.07, 6.45) is 6.14. The van der Waals surface area contributed by atoms with Crippen LogP contribution in [0.4, 0.5) is 5.82 Å². The van der Waals surface area contributed by atoms with E-state index < -0.39 is 4.92 Å². The van der Waals surface area contributed by atoms with E-state index in [4.69, 9.17) is 0 Å². The second-order valence-corrected chi connectivity index (χ2v) is 3.53. The highest BCUT2D eigenvalue weighted by Gasteiger charge is 2.15. The molecule has 0 fully saturated rings. The number of nitrogens with zero attached hydrogens (tertiary/aromatic N) is 3. The largest absolute Gasteiger partial charge is 0.358 e. The summed E-state index contributed by atoms with van der Waals surface area (Å²) < 4.78 is 1.33. The molecule has 5 heteroatoms. The van der Waals surface area contributed by atoms with Gasteiger partial charge in [-0.1, -0.05) is 36.9 Å². The second-order valence-electron chi connectivity index (χ2n) is 3.53. The molecule has 0 saturated heterocycles. The van der Waals surface area contributed by atoms with Crippen molar-refractivity contribution in [3.8, 4) is 0 Å². The van der Waals surface area contributed by atoms with Crippen LogP contribution in [-0.4, -0.2) is 14.5 Å².